The molecule has 254 valence electrons. The number of benzene rings is 1. The van der Waals surface area contributed by atoms with E-state index in [2.05, 4.69) is 10.5 Å². The van der Waals surface area contributed by atoms with E-state index in [0.29, 0.717) is 40.3 Å². The molecular weight excluding hydrogens is 626 g/mol. The quantitative estimate of drug-likeness (QED) is 0.215. The number of halogens is 1. The summed E-state index contributed by atoms with van der Waals surface area (Å²) >= 11 is 5.97. The van der Waals surface area contributed by atoms with Gasteiger partial charge in [-0.05, 0) is 68.0 Å². The lowest BCUT2D eigenvalue weighted by atomic mass is 9.86. The van der Waals surface area contributed by atoms with Gasteiger partial charge in [-0.1, -0.05) is 67.0 Å². The number of nitrogens with one attached hydrogen (secondary N) is 1. The molecule has 0 unspecified atom stereocenters. The van der Waals surface area contributed by atoms with Gasteiger partial charge in [0.05, 0.1) is 17.9 Å². The number of ether oxygens (including phenoxy) is 3. The number of aliphatic hydroxyl groups is 1. The molecule has 6 atom stereocenters. The normalized spacial score (nSPS) is 30.2. The van der Waals surface area contributed by atoms with Crippen molar-refractivity contribution < 1.29 is 38.5 Å². The lowest BCUT2D eigenvalue weighted by Crippen LogP contribution is -2.37. The van der Waals surface area contributed by atoms with Crippen LogP contribution in [0, 0.1) is 11.8 Å². The first kappa shape index (κ1) is 37.4. The van der Waals surface area contributed by atoms with Gasteiger partial charge < -0.3 is 35.2 Å². The summed E-state index contributed by atoms with van der Waals surface area (Å²) < 4.78 is 16.7. The number of fused-ring (bicyclic) bond motifs is 2. The Balaban J connectivity index is 2.01. The molecule has 1 aliphatic heterocycles. The number of Topliss-reactive ketones (excluding diaryl/α,β-unsaturated/α-hetero) is 1. The Kier molecular flexibility index (Phi) is 14.1. The van der Waals surface area contributed by atoms with Crippen molar-refractivity contribution >= 4 is 35.1 Å². The predicted molar refractivity (Wildman–Crippen MR) is 179 cm³/mol. The van der Waals surface area contributed by atoms with Gasteiger partial charge in [0.25, 0.3) is 5.91 Å². The molecule has 0 fully saturated rings. The van der Waals surface area contributed by atoms with Gasteiger partial charge in [0.2, 0.25) is 5.78 Å². The second-order valence-corrected chi connectivity index (χ2v) is 12.2. The summed E-state index contributed by atoms with van der Waals surface area (Å²) in [5, 5.41) is 18.8. The number of primary amides is 1. The highest BCUT2D eigenvalue weighted by Crippen LogP contribution is 2.27. The summed E-state index contributed by atoms with van der Waals surface area (Å²) in [7, 11) is 2.97. The molecule has 0 spiro atoms. The third kappa shape index (κ3) is 11.0. The SMILES string of the molecule is CO[C@H]1/C=C\C=C(/C)C(=O)NC2=C/C(=N\OCc3ccc(Cl)cc3)C=C(C[C@@H](C)C[C@H](OC)[C@H](O)[C@@H](C)/C=C(\C)[C@@H]1OC(N)=O)C2=O. The van der Waals surface area contributed by atoms with E-state index in [0.717, 1.165) is 5.56 Å². The van der Waals surface area contributed by atoms with Crippen LogP contribution in [0.5, 0.6) is 0 Å². The standard InChI is InChI=1S/C35H44ClN3O8/c1-20-14-25-17-27(39-46-19-24-10-12-26(36)13-11-24)18-28(32(25)41)38-34(42)21(2)8-7-9-29(44-5)33(47-35(37)43)23(4)16-22(3)31(40)30(15-20)45-6/h7-13,16-18,20,22,29-31,33,40H,14-15,19H2,1-6H3,(H2,37,43)(H,38,42)/b9-7-,21-8+,23-16+,39-27-/t20-,22+,29+,30+,31-,33+/m1/s1. The van der Waals surface area contributed by atoms with Crippen LogP contribution < -0.4 is 11.1 Å². The Morgan fingerprint density at radius 3 is 2.45 bits per heavy atom. The molecule has 4 N–H and O–H groups in total. The molecule has 11 nitrogen and oxygen atoms in total. The van der Waals surface area contributed by atoms with Crippen LogP contribution in [0.3, 0.4) is 0 Å². The largest absolute Gasteiger partial charge is 0.439 e. The van der Waals surface area contributed by atoms with Gasteiger partial charge in [-0.15, -0.1) is 0 Å². The number of nitrogens with zero attached hydrogens (tertiary/aromatic N) is 1. The number of hydrogen-bond donors (Lipinski definition) is 3. The van der Waals surface area contributed by atoms with Crippen LogP contribution in [0.15, 0.2) is 88.3 Å². The van der Waals surface area contributed by atoms with Crippen LogP contribution >= 0.6 is 11.6 Å². The lowest BCUT2D eigenvalue weighted by molar-refractivity contribution is -0.119. The highest BCUT2D eigenvalue weighted by molar-refractivity contribution is 6.30. The fourth-order valence-electron chi connectivity index (χ4n) is 5.36. The average Bonchev–Trinajstić information content (AvgIpc) is 3.02. The number of oxime groups is 1. The minimum absolute atomic E-state index is 0.0460. The van der Waals surface area contributed by atoms with Crippen molar-refractivity contribution in [1.82, 2.24) is 5.32 Å². The summed E-state index contributed by atoms with van der Waals surface area (Å²) in [5.41, 5.74) is 7.94. The van der Waals surface area contributed by atoms with Gasteiger partial charge in [-0.2, -0.15) is 0 Å². The highest BCUT2D eigenvalue weighted by atomic mass is 35.5. The fourth-order valence-corrected chi connectivity index (χ4v) is 5.49. The van der Waals surface area contributed by atoms with Gasteiger partial charge in [-0.25, -0.2) is 4.79 Å². The minimum Gasteiger partial charge on any atom is -0.439 e. The second kappa shape index (κ2) is 17.8. The van der Waals surface area contributed by atoms with Crippen LogP contribution in [0.1, 0.15) is 46.1 Å². The second-order valence-electron chi connectivity index (χ2n) is 11.8. The molecule has 2 bridgehead atoms. The summed E-state index contributed by atoms with van der Waals surface area (Å²) in [5.74, 6) is -1.39. The molecule has 47 heavy (non-hydrogen) atoms. The Bertz CT molecular complexity index is 1480. The van der Waals surface area contributed by atoms with E-state index in [1.165, 1.54) is 20.3 Å². The first-order valence-corrected chi connectivity index (χ1v) is 15.7. The highest BCUT2D eigenvalue weighted by Gasteiger charge is 2.31. The van der Waals surface area contributed by atoms with Crippen LogP contribution in [0.25, 0.3) is 0 Å². The first-order chi connectivity index (χ1) is 22.3. The number of rotatable bonds is 6. The molecule has 0 saturated heterocycles. The van der Waals surface area contributed by atoms with Crippen LogP contribution in [-0.2, 0) is 35.2 Å². The van der Waals surface area contributed by atoms with Crippen LogP contribution in [0.4, 0.5) is 4.79 Å². The first-order valence-electron chi connectivity index (χ1n) is 15.3. The van der Waals surface area contributed by atoms with E-state index < -0.39 is 42.3 Å². The van der Waals surface area contributed by atoms with E-state index in [-0.39, 0.29) is 24.0 Å². The Morgan fingerprint density at radius 1 is 1.11 bits per heavy atom. The van der Waals surface area contributed by atoms with Crippen molar-refractivity contribution in [2.75, 3.05) is 14.2 Å². The molecule has 2 aliphatic rings. The molecule has 0 saturated carbocycles. The number of hydrogen-bond acceptors (Lipinski definition) is 9. The third-order valence-electron chi connectivity index (χ3n) is 7.93. The minimum atomic E-state index is -0.990. The molecule has 1 heterocycles. The third-order valence-corrected chi connectivity index (χ3v) is 8.18. The van der Waals surface area contributed by atoms with E-state index >= 15 is 0 Å². The van der Waals surface area contributed by atoms with Crippen molar-refractivity contribution in [3.63, 3.8) is 0 Å². The Labute approximate surface area is 280 Å². The molecule has 3 rings (SSSR count). The number of allylic oxidation sites excluding steroid dienone is 5. The molecule has 0 radical (unpaired) electrons. The van der Waals surface area contributed by atoms with Crippen molar-refractivity contribution in [2.24, 2.45) is 22.7 Å². The average molecular weight is 670 g/mol. The Morgan fingerprint density at radius 2 is 1.81 bits per heavy atom. The monoisotopic (exact) mass is 669 g/mol. The number of carbonyl (C=O) groups is 3. The van der Waals surface area contributed by atoms with Gasteiger partial charge >= 0.3 is 6.09 Å². The van der Waals surface area contributed by atoms with Gasteiger partial charge in [0.15, 0.2) is 6.10 Å². The van der Waals surface area contributed by atoms with Crippen molar-refractivity contribution in [3.8, 4) is 0 Å². The zero-order valence-electron chi connectivity index (χ0n) is 27.6. The summed E-state index contributed by atoms with van der Waals surface area (Å²) in [6, 6.07) is 7.14. The zero-order valence-corrected chi connectivity index (χ0v) is 28.3. The number of ketones is 1. The van der Waals surface area contributed by atoms with Gasteiger partial charge in [0, 0.05) is 36.3 Å². The van der Waals surface area contributed by atoms with Gasteiger partial charge in [0.1, 0.15) is 18.4 Å². The molecule has 2 amide bonds. The predicted octanol–water partition coefficient (Wildman–Crippen LogP) is 5.09. The lowest BCUT2D eigenvalue weighted by Gasteiger charge is -2.29. The topological polar surface area (TPSA) is 159 Å². The van der Waals surface area contributed by atoms with Crippen LogP contribution in [-0.4, -0.2) is 67.2 Å². The number of nitrogens with two attached hydrogens (primary N) is 1. The van der Waals surface area contributed by atoms with Crippen molar-refractivity contribution in [3.05, 3.63) is 93.7 Å². The maximum atomic E-state index is 13.6. The van der Waals surface area contributed by atoms with E-state index in [1.54, 1.807) is 56.4 Å². The van der Waals surface area contributed by atoms with Crippen LogP contribution in [0.2, 0.25) is 5.02 Å². The summed E-state index contributed by atoms with van der Waals surface area (Å²) in [6.45, 7) is 7.29. The van der Waals surface area contributed by atoms with Crippen molar-refractivity contribution in [2.45, 2.75) is 71.6 Å². The zero-order chi connectivity index (χ0) is 34.7. The molecule has 0 aromatic heterocycles. The number of carbonyl (C=O) groups excluding carboxylic acids is 3. The molecule has 1 aromatic carbocycles. The number of methoxy groups -OCH3 is 2. The summed E-state index contributed by atoms with van der Waals surface area (Å²) in [6.07, 6.45) is 6.20. The Hall–Kier alpha value is -4.03. The summed E-state index contributed by atoms with van der Waals surface area (Å²) in [4.78, 5) is 44.1. The maximum absolute atomic E-state index is 13.6. The molecular formula is C35H44ClN3O8. The smallest absolute Gasteiger partial charge is 0.405 e. The van der Waals surface area contributed by atoms with E-state index in [9.17, 15) is 19.5 Å². The molecule has 1 aromatic rings. The van der Waals surface area contributed by atoms with E-state index in [1.807, 2.05) is 26.0 Å². The van der Waals surface area contributed by atoms with Crippen molar-refractivity contribution in [1.29, 1.82) is 0 Å². The maximum Gasteiger partial charge on any atom is 0.405 e. The molecule has 12 heteroatoms. The van der Waals surface area contributed by atoms with Gasteiger partial charge in [-0.3, -0.25) is 9.59 Å². The fraction of sp³-hybridized carbons (Fsp3) is 0.429. The number of aliphatic hydroxyl groups excluding tert-OH is 1. The molecule has 1 aliphatic carbocycles. The number of amides is 2. The van der Waals surface area contributed by atoms with E-state index in [4.69, 9.17) is 36.4 Å².